The summed E-state index contributed by atoms with van der Waals surface area (Å²) in [5.41, 5.74) is 1.24. The number of fused-ring (bicyclic) bond motifs is 1. The molecule has 0 radical (unpaired) electrons. The van der Waals surface area contributed by atoms with E-state index in [0.29, 0.717) is 16.5 Å². The summed E-state index contributed by atoms with van der Waals surface area (Å²) in [5.74, 6) is -0.390. The Morgan fingerprint density at radius 3 is 3.12 bits per heavy atom. The first-order valence-corrected chi connectivity index (χ1v) is 5.76. The van der Waals surface area contributed by atoms with Gasteiger partial charge in [0.2, 0.25) is 0 Å². The number of anilines is 1. The van der Waals surface area contributed by atoms with Crippen molar-refractivity contribution in [2.24, 2.45) is 0 Å². The largest absolute Gasteiger partial charge is 0.440 e. The molecule has 0 fully saturated rings. The van der Waals surface area contributed by atoms with Crippen LogP contribution in [-0.2, 0) is 4.79 Å². The molecular weight excluding hydrogens is 240 g/mol. The van der Waals surface area contributed by atoms with Crippen LogP contribution in [0.1, 0.15) is 11.7 Å². The highest BCUT2D eigenvalue weighted by Gasteiger charge is 2.28. The standard InChI is InChI=1S/C11H8N2O3S/c14-9-7-2-1-6(5-8(7)13-10(9)15)17-11-12-3-4-16-11/h1-5,9,14H,(H,13,15). The zero-order valence-corrected chi connectivity index (χ0v) is 9.40. The highest BCUT2D eigenvalue weighted by molar-refractivity contribution is 7.99. The van der Waals surface area contributed by atoms with Crippen molar-refractivity contribution < 1.29 is 14.3 Å². The van der Waals surface area contributed by atoms with Gasteiger partial charge in [0.15, 0.2) is 6.10 Å². The lowest BCUT2D eigenvalue weighted by atomic mass is 10.1. The molecule has 86 valence electrons. The Labute approximate surface area is 101 Å². The predicted molar refractivity (Wildman–Crippen MR) is 60.7 cm³/mol. The monoisotopic (exact) mass is 248 g/mol. The summed E-state index contributed by atoms with van der Waals surface area (Å²) in [6, 6.07) is 5.33. The molecule has 0 saturated carbocycles. The third kappa shape index (κ3) is 1.81. The van der Waals surface area contributed by atoms with Crippen molar-refractivity contribution >= 4 is 23.4 Å². The van der Waals surface area contributed by atoms with E-state index in [1.54, 1.807) is 18.3 Å². The number of nitrogens with one attached hydrogen (secondary N) is 1. The van der Waals surface area contributed by atoms with Gasteiger partial charge in [-0.05, 0) is 23.9 Å². The fourth-order valence-corrected chi connectivity index (χ4v) is 2.38. The fourth-order valence-electron chi connectivity index (χ4n) is 1.65. The number of hydrogen-bond donors (Lipinski definition) is 2. The number of amides is 1. The van der Waals surface area contributed by atoms with Gasteiger partial charge in [-0.15, -0.1) is 0 Å². The first kappa shape index (κ1) is 10.4. The third-order valence-electron chi connectivity index (χ3n) is 2.44. The van der Waals surface area contributed by atoms with Crippen molar-refractivity contribution in [1.29, 1.82) is 0 Å². The van der Waals surface area contributed by atoms with Crippen molar-refractivity contribution in [1.82, 2.24) is 4.98 Å². The van der Waals surface area contributed by atoms with Crippen LogP contribution in [0.2, 0.25) is 0 Å². The van der Waals surface area contributed by atoms with Crippen LogP contribution < -0.4 is 5.32 Å². The first-order valence-electron chi connectivity index (χ1n) is 4.94. The second kappa shape index (κ2) is 3.90. The summed E-state index contributed by atoms with van der Waals surface area (Å²) < 4.78 is 5.11. The van der Waals surface area contributed by atoms with Gasteiger partial charge in [0, 0.05) is 16.1 Å². The van der Waals surface area contributed by atoms with Crippen LogP contribution in [0.25, 0.3) is 0 Å². The molecule has 1 aliphatic heterocycles. The van der Waals surface area contributed by atoms with E-state index in [0.717, 1.165) is 4.90 Å². The average molecular weight is 248 g/mol. The summed E-state index contributed by atoms with van der Waals surface area (Å²) >= 11 is 1.35. The number of benzene rings is 1. The molecule has 1 aromatic heterocycles. The summed E-state index contributed by atoms with van der Waals surface area (Å²) in [6.07, 6.45) is 2.01. The third-order valence-corrected chi connectivity index (χ3v) is 3.31. The molecule has 3 rings (SSSR count). The number of carbonyl (C=O) groups excluding carboxylic acids is 1. The smallest absolute Gasteiger partial charge is 0.260 e. The van der Waals surface area contributed by atoms with Crippen LogP contribution in [0.4, 0.5) is 5.69 Å². The Morgan fingerprint density at radius 2 is 2.35 bits per heavy atom. The van der Waals surface area contributed by atoms with Gasteiger partial charge in [-0.1, -0.05) is 6.07 Å². The molecule has 2 aromatic rings. The van der Waals surface area contributed by atoms with Gasteiger partial charge in [-0.3, -0.25) is 4.79 Å². The minimum absolute atomic E-state index is 0.390. The van der Waals surface area contributed by atoms with Crippen molar-refractivity contribution in [2.75, 3.05) is 5.32 Å². The molecule has 0 spiro atoms. The molecular formula is C11H8N2O3S. The molecule has 1 aliphatic rings. The molecule has 17 heavy (non-hydrogen) atoms. The molecule has 1 atom stereocenters. The topological polar surface area (TPSA) is 75.4 Å². The van der Waals surface area contributed by atoms with E-state index >= 15 is 0 Å². The maximum absolute atomic E-state index is 11.3. The summed E-state index contributed by atoms with van der Waals surface area (Å²) in [7, 11) is 0. The Bertz CT molecular complexity index is 568. The molecule has 5 nitrogen and oxygen atoms in total. The predicted octanol–water partition coefficient (Wildman–Crippen LogP) is 1.81. The highest BCUT2D eigenvalue weighted by Crippen LogP contribution is 2.35. The number of hydrogen-bond acceptors (Lipinski definition) is 5. The molecule has 1 amide bonds. The van der Waals surface area contributed by atoms with Gasteiger partial charge in [-0.2, -0.15) is 0 Å². The number of aliphatic hydroxyl groups excluding tert-OH is 1. The van der Waals surface area contributed by atoms with Gasteiger partial charge in [0.05, 0.1) is 6.20 Å². The maximum Gasteiger partial charge on any atom is 0.260 e. The van der Waals surface area contributed by atoms with E-state index in [9.17, 15) is 9.90 Å². The van der Waals surface area contributed by atoms with Gasteiger partial charge in [0.25, 0.3) is 11.1 Å². The number of carbonyl (C=O) groups is 1. The molecule has 1 unspecified atom stereocenters. The fraction of sp³-hybridized carbons (Fsp3) is 0.0909. The number of aliphatic hydroxyl groups is 1. The van der Waals surface area contributed by atoms with Gasteiger partial charge in [0.1, 0.15) is 6.26 Å². The SMILES string of the molecule is O=C1Nc2cc(Sc3ncco3)ccc2C1O. The van der Waals surface area contributed by atoms with Crippen LogP contribution >= 0.6 is 11.8 Å². The van der Waals surface area contributed by atoms with E-state index in [1.165, 1.54) is 18.0 Å². The summed E-state index contributed by atoms with van der Waals surface area (Å²) in [5, 5.41) is 12.7. The number of rotatable bonds is 2. The lowest BCUT2D eigenvalue weighted by molar-refractivity contribution is -0.123. The first-order chi connectivity index (χ1) is 8.24. The highest BCUT2D eigenvalue weighted by atomic mass is 32.2. The van der Waals surface area contributed by atoms with Crippen LogP contribution in [0.15, 0.2) is 45.2 Å². The second-order valence-electron chi connectivity index (χ2n) is 3.54. The van der Waals surface area contributed by atoms with E-state index < -0.39 is 12.0 Å². The van der Waals surface area contributed by atoms with Crippen molar-refractivity contribution in [3.8, 4) is 0 Å². The van der Waals surface area contributed by atoms with Crippen molar-refractivity contribution in [3.63, 3.8) is 0 Å². The summed E-state index contributed by atoms with van der Waals surface area (Å²) in [4.78, 5) is 16.1. The van der Waals surface area contributed by atoms with E-state index in [1.807, 2.05) is 6.07 Å². The van der Waals surface area contributed by atoms with Crippen LogP contribution in [0, 0.1) is 0 Å². The zero-order valence-electron chi connectivity index (χ0n) is 8.58. The minimum Gasteiger partial charge on any atom is -0.440 e. The van der Waals surface area contributed by atoms with Crippen molar-refractivity contribution in [3.05, 3.63) is 36.2 Å². The van der Waals surface area contributed by atoms with Gasteiger partial charge >= 0.3 is 0 Å². The number of aromatic nitrogens is 1. The van der Waals surface area contributed by atoms with Gasteiger partial charge < -0.3 is 14.8 Å². The van der Waals surface area contributed by atoms with Gasteiger partial charge in [-0.25, -0.2) is 4.98 Å². The van der Waals surface area contributed by atoms with Crippen LogP contribution in [0.3, 0.4) is 0 Å². The maximum atomic E-state index is 11.3. The Balaban J connectivity index is 1.90. The number of oxazole rings is 1. The molecule has 0 saturated heterocycles. The normalized spacial score (nSPS) is 17.9. The van der Waals surface area contributed by atoms with Crippen LogP contribution in [-0.4, -0.2) is 16.0 Å². The Hall–Kier alpha value is -1.79. The quantitative estimate of drug-likeness (QED) is 0.847. The van der Waals surface area contributed by atoms with E-state index in [4.69, 9.17) is 4.42 Å². The molecule has 2 heterocycles. The number of nitrogens with zero attached hydrogens (tertiary/aromatic N) is 1. The Kier molecular flexibility index (Phi) is 2.38. The molecule has 0 aliphatic carbocycles. The molecule has 6 heteroatoms. The van der Waals surface area contributed by atoms with Crippen molar-refractivity contribution in [2.45, 2.75) is 16.2 Å². The summed E-state index contributed by atoms with van der Waals surface area (Å²) in [6.45, 7) is 0. The molecule has 2 N–H and O–H groups in total. The second-order valence-corrected chi connectivity index (χ2v) is 4.57. The van der Waals surface area contributed by atoms with Crippen LogP contribution in [0.5, 0.6) is 0 Å². The Morgan fingerprint density at radius 1 is 1.47 bits per heavy atom. The lowest BCUT2D eigenvalue weighted by Crippen LogP contribution is -2.10. The zero-order chi connectivity index (χ0) is 11.8. The van der Waals surface area contributed by atoms with E-state index in [-0.39, 0.29) is 0 Å². The van der Waals surface area contributed by atoms with E-state index in [2.05, 4.69) is 10.3 Å². The molecule has 0 bridgehead atoms. The molecule has 1 aromatic carbocycles. The average Bonchev–Trinajstić information content (AvgIpc) is 2.89. The lowest BCUT2D eigenvalue weighted by Gasteiger charge is -2.02. The minimum atomic E-state index is -1.06.